The molecule has 6 heteroatoms. The summed E-state index contributed by atoms with van der Waals surface area (Å²) in [6.45, 7) is 1.22. The van der Waals surface area contributed by atoms with Crippen LogP contribution in [0.2, 0.25) is 0 Å². The molecular formula is C14H18F4N2. The Morgan fingerprint density at radius 2 is 1.90 bits per heavy atom. The summed E-state index contributed by atoms with van der Waals surface area (Å²) in [7, 11) is 0. The largest absolute Gasteiger partial charge is 0.391 e. The molecule has 112 valence electrons. The average molecular weight is 290 g/mol. The summed E-state index contributed by atoms with van der Waals surface area (Å²) >= 11 is 0. The van der Waals surface area contributed by atoms with Gasteiger partial charge in [0.2, 0.25) is 0 Å². The fourth-order valence-corrected chi connectivity index (χ4v) is 2.56. The zero-order valence-electron chi connectivity index (χ0n) is 11.0. The molecule has 2 rings (SSSR count). The zero-order valence-corrected chi connectivity index (χ0v) is 11.0. The van der Waals surface area contributed by atoms with Crippen LogP contribution in [0.1, 0.15) is 24.4 Å². The monoisotopic (exact) mass is 290 g/mol. The van der Waals surface area contributed by atoms with Crippen molar-refractivity contribution in [3.8, 4) is 0 Å². The van der Waals surface area contributed by atoms with Crippen molar-refractivity contribution in [3.05, 3.63) is 35.6 Å². The van der Waals surface area contributed by atoms with Crippen LogP contribution in [0.15, 0.2) is 24.3 Å². The van der Waals surface area contributed by atoms with E-state index in [-0.39, 0.29) is 24.7 Å². The third kappa shape index (κ3) is 3.93. The normalized spacial score (nSPS) is 20.1. The number of nitrogens with zero attached hydrogens (tertiary/aromatic N) is 1. The smallest absolute Gasteiger partial charge is 0.323 e. The summed E-state index contributed by atoms with van der Waals surface area (Å²) < 4.78 is 50.8. The summed E-state index contributed by atoms with van der Waals surface area (Å²) in [5.74, 6) is -1.56. The molecule has 1 aliphatic rings. The van der Waals surface area contributed by atoms with Crippen LogP contribution in [0.25, 0.3) is 0 Å². The Morgan fingerprint density at radius 1 is 1.25 bits per heavy atom. The second kappa shape index (κ2) is 6.10. The van der Waals surface area contributed by atoms with Crippen molar-refractivity contribution in [1.29, 1.82) is 0 Å². The van der Waals surface area contributed by atoms with Gasteiger partial charge in [0.25, 0.3) is 0 Å². The molecule has 1 aliphatic heterocycles. The van der Waals surface area contributed by atoms with Gasteiger partial charge in [0.15, 0.2) is 0 Å². The maximum absolute atomic E-state index is 13.1. The third-order valence-electron chi connectivity index (χ3n) is 3.78. The van der Waals surface area contributed by atoms with E-state index in [0.717, 1.165) is 0 Å². The molecule has 1 saturated heterocycles. The highest BCUT2D eigenvalue weighted by molar-refractivity contribution is 5.20. The Bertz CT molecular complexity index is 439. The van der Waals surface area contributed by atoms with E-state index in [9.17, 15) is 17.6 Å². The molecule has 0 spiro atoms. The Labute approximate surface area is 115 Å². The summed E-state index contributed by atoms with van der Waals surface area (Å²) in [5.41, 5.74) is 6.65. The highest BCUT2D eigenvalue weighted by Crippen LogP contribution is 2.34. The van der Waals surface area contributed by atoms with Gasteiger partial charge in [0.05, 0.1) is 5.92 Å². The van der Waals surface area contributed by atoms with Gasteiger partial charge in [-0.3, -0.25) is 0 Å². The second-order valence-corrected chi connectivity index (χ2v) is 5.28. The van der Waals surface area contributed by atoms with Gasteiger partial charge in [-0.05, 0) is 43.6 Å². The van der Waals surface area contributed by atoms with Crippen LogP contribution < -0.4 is 5.73 Å². The molecule has 1 unspecified atom stereocenters. The molecule has 2 N–H and O–H groups in total. The lowest BCUT2D eigenvalue weighted by Gasteiger charge is -2.34. The predicted molar refractivity (Wildman–Crippen MR) is 68.5 cm³/mol. The number of hydrogen-bond acceptors (Lipinski definition) is 2. The molecule has 0 aromatic heterocycles. The molecule has 0 aliphatic carbocycles. The van der Waals surface area contributed by atoms with E-state index in [4.69, 9.17) is 5.73 Å². The van der Waals surface area contributed by atoms with Crippen LogP contribution in [0.3, 0.4) is 0 Å². The van der Waals surface area contributed by atoms with Gasteiger partial charge in [0.1, 0.15) is 5.82 Å². The van der Waals surface area contributed by atoms with Crippen LogP contribution >= 0.6 is 0 Å². The first-order valence-electron chi connectivity index (χ1n) is 6.66. The lowest BCUT2D eigenvalue weighted by molar-refractivity contribution is -0.185. The molecule has 0 amide bonds. The maximum atomic E-state index is 13.1. The highest BCUT2D eigenvalue weighted by atomic mass is 19.4. The van der Waals surface area contributed by atoms with Crippen molar-refractivity contribution in [2.24, 2.45) is 11.7 Å². The summed E-state index contributed by atoms with van der Waals surface area (Å²) in [4.78, 5) is 1.91. The molecule has 2 nitrogen and oxygen atoms in total. The number of likely N-dealkylation sites (tertiary alicyclic amines) is 1. The first-order chi connectivity index (χ1) is 9.36. The molecule has 1 aromatic rings. The molecule has 1 atom stereocenters. The van der Waals surface area contributed by atoms with Crippen molar-refractivity contribution in [1.82, 2.24) is 4.90 Å². The summed E-state index contributed by atoms with van der Waals surface area (Å²) in [6, 6.07) is 5.64. The summed E-state index contributed by atoms with van der Waals surface area (Å²) in [6.07, 6.45) is -3.88. The van der Waals surface area contributed by atoms with E-state index in [1.807, 2.05) is 4.90 Å². The molecule has 1 aromatic carbocycles. The van der Waals surface area contributed by atoms with Gasteiger partial charge < -0.3 is 10.6 Å². The van der Waals surface area contributed by atoms with E-state index < -0.39 is 12.1 Å². The topological polar surface area (TPSA) is 29.3 Å². The number of benzene rings is 1. The van der Waals surface area contributed by atoms with Gasteiger partial charge in [-0.2, -0.15) is 13.2 Å². The lowest BCUT2D eigenvalue weighted by atomic mass is 9.95. The Kier molecular flexibility index (Phi) is 4.65. The van der Waals surface area contributed by atoms with Gasteiger partial charge >= 0.3 is 6.18 Å². The quantitative estimate of drug-likeness (QED) is 0.867. The third-order valence-corrected chi connectivity index (χ3v) is 3.78. The standard InChI is InChI=1S/C14H18F4N2/c15-12-3-1-2-10(8-12)13(19)9-20-6-4-11(5-7-20)14(16,17)18/h1-3,8,11,13H,4-7,9,19H2. The van der Waals surface area contributed by atoms with Crippen molar-refractivity contribution in [3.63, 3.8) is 0 Å². The molecular weight excluding hydrogens is 272 g/mol. The van der Waals surface area contributed by atoms with Gasteiger partial charge in [0, 0.05) is 12.6 Å². The van der Waals surface area contributed by atoms with Crippen molar-refractivity contribution in [2.45, 2.75) is 25.1 Å². The number of rotatable bonds is 3. The Morgan fingerprint density at radius 3 is 2.45 bits per heavy atom. The lowest BCUT2D eigenvalue weighted by Crippen LogP contribution is -2.41. The minimum Gasteiger partial charge on any atom is -0.323 e. The first kappa shape index (κ1) is 15.3. The average Bonchev–Trinajstić information content (AvgIpc) is 2.38. The van der Waals surface area contributed by atoms with E-state index in [0.29, 0.717) is 25.2 Å². The SMILES string of the molecule is NC(CN1CCC(C(F)(F)F)CC1)c1cccc(F)c1. The van der Waals surface area contributed by atoms with Crippen LogP contribution in [-0.2, 0) is 0 Å². The van der Waals surface area contributed by atoms with Crippen LogP contribution in [-0.4, -0.2) is 30.7 Å². The van der Waals surface area contributed by atoms with Gasteiger partial charge in [-0.25, -0.2) is 4.39 Å². The van der Waals surface area contributed by atoms with E-state index in [2.05, 4.69) is 0 Å². The van der Waals surface area contributed by atoms with Crippen molar-refractivity contribution >= 4 is 0 Å². The van der Waals surface area contributed by atoms with Crippen molar-refractivity contribution in [2.75, 3.05) is 19.6 Å². The second-order valence-electron chi connectivity index (χ2n) is 5.28. The molecule has 1 fully saturated rings. The fraction of sp³-hybridized carbons (Fsp3) is 0.571. The fourth-order valence-electron chi connectivity index (χ4n) is 2.56. The van der Waals surface area contributed by atoms with E-state index in [1.165, 1.54) is 12.1 Å². The van der Waals surface area contributed by atoms with E-state index in [1.54, 1.807) is 12.1 Å². The Balaban J connectivity index is 1.86. The summed E-state index contributed by atoms with van der Waals surface area (Å²) in [5, 5.41) is 0. The minimum absolute atomic E-state index is 0.110. The Hall–Kier alpha value is -1.14. The van der Waals surface area contributed by atoms with Crippen LogP contribution in [0, 0.1) is 11.7 Å². The molecule has 20 heavy (non-hydrogen) atoms. The number of halogens is 4. The highest BCUT2D eigenvalue weighted by Gasteiger charge is 2.41. The number of alkyl halides is 3. The van der Waals surface area contributed by atoms with Crippen molar-refractivity contribution < 1.29 is 17.6 Å². The minimum atomic E-state index is -4.10. The van der Waals surface area contributed by atoms with Crippen LogP contribution in [0.5, 0.6) is 0 Å². The molecule has 0 bridgehead atoms. The zero-order chi connectivity index (χ0) is 14.8. The van der Waals surface area contributed by atoms with Gasteiger partial charge in [-0.15, -0.1) is 0 Å². The van der Waals surface area contributed by atoms with Gasteiger partial charge in [-0.1, -0.05) is 12.1 Å². The van der Waals surface area contributed by atoms with Crippen LogP contribution in [0.4, 0.5) is 17.6 Å². The molecule has 1 heterocycles. The van der Waals surface area contributed by atoms with E-state index >= 15 is 0 Å². The number of nitrogens with two attached hydrogens (primary N) is 1. The first-order valence-corrected chi connectivity index (χ1v) is 6.66. The maximum Gasteiger partial charge on any atom is 0.391 e. The molecule has 0 radical (unpaired) electrons. The predicted octanol–water partition coefficient (Wildman–Crippen LogP) is 3.10. The number of hydrogen-bond donors (Lipinski definition) is 1. The number of piperidine rings is 1. The molecule has 0 saturated carbocycles.